The van der Waals surface area contributed by atoms with Gasteiger partial charge in [-0.3, -0.25) is 9.59 Å². The summed E-state index contributed by atoms with van der Waals surface area (Å²) in [5.74, 6) is -2.39. The first-order valence-corrected chi connectivity index (χ1v) is 9.82. The molecule has 2 aliphatic heterocycles. The number of halogens is 1. The zero-order valence-electron chi connectivity index (χ0n) is 16.5. The maximum atomic E-state index is 13.7. The molecule has 2 aliphatic rings. The van der Waals surface area contributed by atoms with Crippen LogP contribution in [0.2, 0.25) is 0 Å². The smallest absolute Gasteiger partial charge is 0.295 e. The van der Waals surface area contributed by atoms with Gasteiger partial charge in [-0.05, 0) is 61.2 Å². The van der Waals surface area contributed by atoms with E-state index in [1.165, 1.54) is 35.2 Å². The minimum Gasteiger partial charge on any atom is -0.508 e. The van der Waals surface area contributed by atoms with Crippen LogP contribution in [0.5, 0.6) is 5.75 Å². The number of aryl methyl sites for hydroxylation is 1. The van der Waals surface area contributed by atoms with E-state index in [2.05, 4.69) is 0 Å². The quantitative estimate of drug-likeness (QED) is 0.457. The molecule has 0 aromatic heterocycles. The molecule has 2 aromatic rings. The molecule has 0 saturated carbocycles. The molecule has 2 N–H and O–H groups in total. The average Bonchev–Trinajstić information content (AvgIpc) is 3.32. The fourth-order valence-corrected chi connectivity index (χ4v) is 4.06. The van der Waals surface area contributed by atoms with Crippen LogP contribution >= 0.6 is 0 Å². The minimum atomic E-state index is -0.883. The predicted octanol–water partition coefficient (Wildman–Crippen LogP) is 3.44. The van der Waals surface area contributed by atoms with E-state index in [1.807, 2.05) is 0 Å². The second-order valence-corrected chi connectivity index (χ2v) is 7.65. The van der Waals surface area contributed by atoms with Gasteiger partial charge in [-0.15, -0.1) is 0 Å². The fraction of sp³-hybridized carbons (Fsp3) is 0.304. The minimum absolute atomic E-state index is 0.0205. The van der Waals surface area contributed by atoms with E-state index < -0.39 is 23.5 Å². The lowest BCUT2D eigenvalue weighted by Crippen LogP contribution is -2.36. The molecule has 2 saturated heterocycles. The van der Waals surface area contributed by atoms with Gasteiger partial charge in [-0.25, -0.2) is 4.39 Å². The Morgan fingerprint density at radius 2 is 2.03 bits per heavy atom. The summed E-state index contributed by atoms with van der Waals surface area (Å²) in [5.41, 5.74) is 0.956. The maximum Gasteiger partial charge on any atom is 0.295 e. The Morgan fingerprint density at radius 3 is 2.70 bits per heavy atom. The largest absolute Gasteiger partial charge is 0.508 e. The molecule has 7 heteroatoms. The number of carbonyl (C=O) groups is 2. The molecule has 4 rings (SSSR count). The zero-order valence-corrected chi connectivity index (χ0v) is 16.5. The summed E-state index contributed by atoms with van der Waals surface area (Å²) in [4.78, 5) is 27.2. The SMILES string of the molecule is Cc1cc(/C(O)=C2/C(=O)C(=O)N(CC3CCCO3)C2c2cccc(O)c2)ccc1F. The Morgan fingerprint density at radius 1 is 1.23 bits per heavy atom. The van der Waals surface area contributed by atoms with Crippen LogP contribution in [-0.4, -0.2) is 46.1 Å². The Hall–Kier alpha value is -3.19. The van der Waals surface area contributed by atoms with Gasteiger partial charge in [-0.1, -0.05) is 12.1 Å². The molecule has 2 unspecified atom stereocenters. The monoisotopic (exact) mass is 411 g/mol. The highest BCUT2D eigenvalue weighted by atomic mass is 19.1. The number of Topliss-reactive ketones (excluding diaryl/α,β-unsaturated/α-hetero) is 1. The van der Waals surface area contributed by atoms with Gasteiger partial charge in [0.1, 0.15) is 17.3 Å². The zero-order chi connectivity index (χ0) is 21.4. The third-order valence-corrected chi connectivity index (χ3v) is 5.58. The molecule has 2 heterocycles. The lowest BCUT2D eigenvalue weighted by atomic mass is 9.94. The van der Waals surface area contributed by atoms with Crippen molar-refractivity contribution >= 4 is 17.4 Å². The standard InChI is InChI=1S/C23H22FNO5/c1-13-10-15(7-8-18(13)24)21(27)19-20(14-4-2-5-16(26)11-14)25(23(29)22(19)28)12-17-6-3-9-30-17/h2,4-5,7-8,10-11,17,20,26-27H,3,6,9,12H2,1H3/b21-19-. The Kier molecular flexibility index (Phi) is 5.30. The van der Waals surface area contributed by atoms with Crippen molar-refractivity contribution in [2.75, 3.05) is 13.2 Å². The predicted molar refractivity (Wildman–Crippen MR) is 107 cm³/mol. The molecule has 6 nitrogen and oxygen atoms in total. The summed E-state index contributed by atoms with van der Waals surface area (Å²) in [6, 6.07) is 9.35. The number of carbonyl (C=O) groups excluding carboxylic acids is 2. The van der Waals surface area contributed by atoms with Gasteiger partial charge < -0.3 is 19.8 Å². The molecule has 1 amide bonds. The first-order chi connectivity index (χ1) is 14.4. The molecule has 30 heavy (non-hydrogen) atoms. The highest BCUT2D eigenvalue weighted by molar-refractivity contribution is 6.46. The van der Waals surface area contributed by atoms with Gasteiger partial charge in [0.15, 0.2) is 0 Å². The van der Waals surface area contributed by atoms with E-state index in [1.54, 1.807) is 19.1 Å². The summed E-state index contributed by atoms with van der Waals surface area (Å²) in [6.07, 6.45) is 1.45. The highest BCUT2D eigenvalue weighted by Gasteiger charge is 2.47. The van der Waals surface area contributed by atoms with Crippen LogP contribution in [0.3, 0.4) is 0 Å². The van der Waals surface area contributed by atoms with Crippen LogP contribution in [0.15, 0.2) is 48.0 Å². The Bertz CT molecular complexity index is 1040. The van der Waals surface area contributed by atoms with E-state index >= 15 is 0 Å². The van der Waals surface area contributed by atoms with Crippen molar-refractivity contribution in [2.45, 2.75) is 31.9 Å². The summed E-state index contributed by atoms with van der Waals surface area (Å²) < 4.78 is 19.3. The molecule has 0 bridgehead atoms. The van der Waals surface area contributed by atoms with Crippen molar-refractivity contribution in [3.63, 3.8) is 0 Å². The second kappa shape index (κ2) is 7.91. The van der Waals surface area contributed by atoms with Crippen LogP contribution in [-0.2, 0) is 14.3 Å². The van der Waals surface area contributed by atoms with Gasteiger partial charge in [0, 0.05) is 18.7 Å². The van der Waals surface area contributed by atoms with Crippen molar-refractivity contribution in [3.8, 4) is 5.75 Å². The Balaban J connectivity index is 1.84. The van der Waals surface area contributed by atoms with Gasteiger partial charge in [0.05, 0.1) is 17.7 Å². The lowest BCUT2D eigenvalue weighted by Gasteiger charge is -2.27. The first kappa shape index (κ1) is 20.1. The van der Waals surface area contributed by atoms with E-state index in [0.29, 0.717) is 17.7 Å². The molecule has 0 radical (unpaired) electrons. The van der Waals surface area contributed by atoms with Crippen molar-refractivity contribution < 1.29 is 28.9 Å². The summed E-state index contributed by atoms with van der Waals surface area (Å²) in [5, 5.41) is 20.9. The molecule has 2 atom stereocenters. The van der Waals surface area contributed by atoms with Crippen molar-refractivity contribution in [1.29, 1.82) is 0 Å². The summed E-state index contributed by atoms with van der Waals surface area (Å²) >= 11 is 0. The number of aliphatic hydroxyl groups excluding tert-OH is 1. The lowest BCUT2D eigenvalue weighted by molar-refractivity contribution is -0.140. The van der Waals surface area contributed by atoms with Crippen LogP contribution in [0, 0.1) is 12.7 Å². The molecule has 0 spiro atoms. The number of aliphatic hydroxyl groups is 1. The van der Waals surface area contributed by atoms with E-state index in [0.717, 1.165) is 12.8 Å². The number of likely N-dealkylation sites (tertiary alicyclic amines) is 1. The molecule has 2 aromatic carbocycles. The van der Waals surface area contributed by atoms with Crippen LogP contribution in [0.4, 0.5) is 4.39 Å². The number of ketones is 1. The number of ether oxygens (including phenoxy) is 1. The van der Waals surface area contributed by atoms with Gasteiger partial charge in [0.25, 0.3) is 11.7 Å². The molecule has 2 fully saturated rings. The molecular formula is C23H22FNO5. The number of rotatable bonds is 4. The third-order valence-electron chi connectivity index (χ3n) is 5.58. The van der Waals surface area contributed by atoms with Crippen molar-refractivity contribution in [3.05, 3.63) is 70.5 Å². The number of benzene rings is 2. The van der Waals surface area contributed by atoms with Gasteiger partial charge in [-0.2, -0.15) is 0 Å². The third kappa shape index (κ3) is 3.57. The van der Waals surface area contributed by atoms with E-state index in [-0.39, 0.29) is 35.3 Å². The molecule has 156 valence electrons. The first-order valence-electron chi connectivity index (χ1n) is 9.82. The van der Waals surface area contributed by atoms with E-state index in [9.17, 15) is 24.2 Å². The number of hydrogen-bond donors (Lipinski definition) is 2. The normalized spacial score (nSPS) is 23.3. The second-order valence-electron chi connectivity index (χ2n) is 7.65. The molecular weight excluding hydrogens is 389 g/mol. The van der Waals surface area contributed by atoms with Crippen LogP contribution in [0.1, 0.15) is 35.6 Å². The topological polar surface area (TPSA) is 87.1 Å². The number of phenols is 1. The van der Waals surface area contributed by atoms with Crippen molar-refractivity contribution in [2.24, 2.45) is 0 Å². The Labute approximate surface area is 173 Å². The average molecular weight is 411 g/mol. The van der Waals surface area contributed by atoms with E-state index in [4.69, 9.17) is 4.74 Å². The number of hydrogen-bond acceptors (Lipinski definition) is 5. The maximum absolute atomic E-state index is 13.7. The molecule has 0 aliphatic carbocycles. The van der Waals surface area contributed by atoms with Crippen LogP contribution in [0.25, 0.3) is 5.76 Å². The van der Waals surface area contributed by atoms with Crippen LogP contribution < -0.4 is 0 Å². The van der Waals surface area contributed by atoms with Gasteiger partial charge in [0.2, 0.25) is 0 Å². The fourth-order valence-electron chi connectivity index (χ4n) is 4.06. The highest BCUT2D eigenvalue weighted by Crippen LogP contribution is 2.40. The summed E-state index contributed by atoms with van der Waals surface area (Å²) in [7, 11) is 0. The number of amides is 1. The van der Waals surface area contributed by atoms with Gasteiger partial charge >= 0.3 is 0 Å². The summed E-state index contributed by atoms with van der Waals surface area (Å²) in [6.45, 7) is 2.35. The number of phenolic OH excluding ortho intramolecular Hbond substituents is 1. The van der Waals surface area contributed by atoms with Crippen molar-refractivity contribution in [1.82, 2.24) is 4.90 Å². The number of nitrogens with zero attached hydrogens (tertiary/aromatic N) is 1. The number of aromatic hydroxyl groups is 1.